The third-order valence-electron chi connectivity index (χ3n) is 5.80. The normalized spacial score (nSPS) is 23.1. The van der Waals surface area contributed by atoms with Crippen LogP contribution < -0.4 is 15.5 Å². The smallest absolute Gasteiger partial charge is 0.229 e. The maximum atomic E-state index is 12.4. The van der Waals surface area contributed by atoms with E-state index in [1.165, 1.54) is 0 Å². The van der Waals surface area contributed by atoms with E-state index in [0.717, 1.165) is 50.9 Å². The first-order valence-electron chi connectivity index (χ1n) is 10.4. The Morgan fingerprint density at radius 3 is 2.57 bits per heavy atom. The molecule has 2 unspecified atom stereocenters. The lowest BCUT2D eigenvalue weighted by molar-refractivity contribution is -0.117. The Balaban J connectivity index is 1.45. The largest absolute Gasteiger partial charge is 0.355 e. The highest BCUT2D eigenvalue weighted by Crippen LogP contribution is 2.20. The van der Waals surface area contributed by atoms with Gasteiger partial charge in [-0.05, 0) is 25.6 Å². The van der Waals surface area contributed by atoms with E-state index in [-0.39, 0.29) is 11.9 Å². The molecule has 0 aliphatic carbocycles. The number of piperazine rings is 1. The molecule has 2 atom stereocenters. The van der Waals surface area contributed by atoms with Gasteiger partial charge < -0.3 is 20.4 Å². The maximum Gasteiger partial charge on any atom is 0.229 e. The number of nitrogens with zero attached hydrogens (tertiary/aromatic N) is 4. The lowest BCUT2D eigenvalue weighted by atomic mass is 10.2. The number of aliphatic imine (C=N–C) groups is 1. The van der Waals surface area contributed by atoms with Crippen molar-refractivity contribution < 1.29 is 4.79 Å². The van der Waals surface area contributed by atoms with E-state index < -0.39 is 0 Å². The molecule has 2 aliphatic heterocycles. The van der Waals surface area contributed by atoms with Crippen LogP contribution in [0.3, 0.4) is 0 Å². The summed E-state index contributed by atoms with van der Waals surface area (Å²) in [5.74, 6) is 0.924. The van der Waals surface area contributed by atoms with E-state index in [0.29, 0.717) is 19.0 Å². The van der Waals surface area contributed by atoms with Crippen molar-refractivity contribution in [3.63, 3.8) is 0 Å². The molecule has 2 fully saturated rings. The number of hydrogen-bond acceptors (Lipinski definition) is 4. The number of anilines is 1. The summed E-state index contributed by atoms with van der Waals surface area (Å²) >= 11 is 0. The molecule has 7 heteroatoms. The Morgan fingerprint density at radius 1 is 1.21 bits per heavy atom. The first kappa shape index (κ1) is 20.6. The van der Waals surface area contributed by atoms with Crippen molar-refractivity contribution in [1.29, 1.82) is 0 Å². The zero-order valence-corrected chi connectivity index (χ0v) is 17.4. The van der Waals surface area contributed by atoms with Crippen molar-refractivity contribution in [3.8, 4) is 0 Å². The van der Waals surface area contributed by atoms with E-state index >= 15 is 0 Å². The molecule has 7 nitrogen and oxygen atoms in total. The van der Waals surface area contributed by atoms with Crippen molar-refractivity contribution in [2.24, 2.45) is 4.99 Å². The molecule has 0 saturated carbocycles. The Hall–Kier alpha value is -2.12. The number of para-hydroxylation sites is 1. The molecule has 2 heterocycles. The third-order valence-corrected chi connectivity index (χ3v) is 5.80. The van der Waals surface area contributed by atoms with Gasteiger partial charge in [-0.25, -0.2) is 0 Å². The monoisotopic (exact) mass is 386 g/mol. The van der Waals surface area contributed by atoms with Crippen LogP contribution in [0.4, 0.5) is 5.69 Å². The molecule has 0 spiro atoms. The van der Waals surface area contributed by atoms with Crippen molar-refractivity contribution >= 4 is 17.6 Å². The van der Waals surface area contributed by atoms with Crippen LogP contribution in [0.1, 0.15) is 20.3 Å². The molecule has 154 valence electrons. The summed E-state index contributed by atoms with van der Waals surface area (Å²) in [6.45, 7) is 11.7. The van der Waals surface area contributed by atoms with Crippen molar-refractivity contribution in [3.05, 3.63) is 30.3 Å². The van der Waals surface area contributed by atoms with Crippen molar-refractivity contribution in [2.45, 2.75) is 32.4 Å². The van der Waals surface area contributed by atoms with Crippen LogP contribution in [0.5, 0.6) is 0 Å². The maximum absolute atomic E-state index is 12.4. The minimum atomic E-state index is 0.0716. The number of guanidine groups is 1. The van der Waals surface area contributed by atoms with Crippen LogP contribution in [0, 0.1) is 0 Å². The zero-order valence-electron chi connectivity index (χ0n) is 17.4. The standard InChI is InChI=1S/C21H34N6O/c1-4-25-10-12-26(13-11-25)17(2)15-23-21(22-3)24-18-14-20(28)27(16-18)19-8-6-5-7-9-19/h5-9,17-18H,4,10-16H2,1-3H3,(H2,22,23,24). The van der Waals surface area contributed by atoms with Gasteiger partial charge in [-0.15, -0.1) is 0 Å². The summed E-state index contributed by atoms with van der Waals surface area (Å²) in [6.07, 6.45) is 0.490. The Bertz CT molecular complexity index is 656. The second kappa shape index (κ2) is 9.89. The molecule has 1 aromatic rings. The van der Waals surface area contributed by atoms with E-state index in [1.54, 1.807) is 7.05 Å². The van der Waals surface area contributed by atoms with Gasteiger partial charge in [0.15, 0.2) is 5.96 Å². The van der Waals surface area contributed by atoms with Gasteiger partial charge in [0.2, 0.25) is 5.91 Å². The number of likely N-dealkylation sites (N-methyl/N-ethyl adjacent to an activating group) is 1. The van der Waals surface area contributed by atoms with Crippen molar-refractivity contribution in [1.82, 2.24) is 20.4 Å². The summed E-state index contributed by atoms with van der Waals surface area (Å²) in [5.41, 5.74) is 0.958. The molecule has 2 N–H and O–H groups in total. The molecular weight excluding hydrogens is 352 g/mol. The summed E-state index contributed by atoms with van der Waals surface area (Å²) < 4.78 is 0. The molecule has 1 aromatic carbocycles. The number of carbonyl (C=O) groups excluding carboxylic acids is 1. The van der Waals surface area contributed by atoms with Gasteiger partial charge in [-0.1, -0.05) is 25.1 Å². The Morgan fingerprint density at radius 2 is 1.93 bits per heavy atom. The zero-order chi connectivity index (χ0) is 19.9. The summed E-state index contributed by atoms with van der Waals surface area (Å²) in [6, 6.07) is 10.4. The van der Waals surface area contributed by atoms with Crippen LogP contribution in [0.15, 0.2) is 35.3 Å². The first-order chi connectivity index (χ1) is 13.6. The molecule has 0 aromatic heterocycles. The highest BCUT2D eigenvalue weighted by molar-refractivity contribution is 5.97. The SMILES string of the molecule is CCN1CCN(C(C)CNC(=NC)NC2CC(=O)N(c3ccccc3)C2)CC1. The summed E-state index contributed by atoms with van der Waals surface area (Å²) in [7, 11) is 1.78. The molecule has 0 bridgehead atoms. The minimum absolute atomic E-state index is 0.0716. The van der Waals surface area contributed by atoms with Gasteiger partial charge >= 0.3 is 0 Å². The fourth-order valence-electron chi connectivity index (χ4n) is 3.94. The molecule has 3 rings (SSSR count). The van der Waals surface area contributed by atoms with Crippen LogP contribution in [-0.2, 0) is 4.79 Å². The van der Waals surface area contributed by atoms with Crippen LogP contribution >= 0.6 is 0 Å². The minimum Gasteiger partial charge on any atom is -0.355 e. The quantitative estimate of drug-likeness (QED) is 0.564. The van der Waals surface area contributed by atoms with Gasteiger partial charge in [0, 0.05) is 64.5 Å². The highest BCUT2D eigenvalue weighted by Gasteiger charge is 2.31. The van der Waals surface area contributed by atoms with Gasteiger partial charge in [0.1, 0.15) is 0 Å². The van der Waals surface area contributed by atoms with E-state index in [4.69, 9.17) is 0 Å². The molecule has 2 saturated heterocycles. The number of nitrogens with one attached hydrogen (secondary N) is 2. The molecular formula is C21H34N6O. The van der Waals surface area contributed by atoms with Gasteiger partial charge in [-0.2, -0.15) is 0 Å². The number of rotatable bonds is 6. The Labute approximate surface area is 168 Å². The average Bonchev–Trinajstić information content (AvgIpc) is 3.11. The fraction of sp³-hybridized carbons (Fsp3) is 0.619. The number of carbonyl (C=O) groups is 1. The molecule has 0 radical (unpaired) electrons. The Kier molecular flexibility index (Phi) is 7.28. The van der Waals surface area contributed by atoms with E-state index in [2.05, 4.69) is 39.3 Å². The lowest BCUT2D eigenvalue weighted by Gasteiger charge is -2.37. The van der Waals surface area contributed by atoms with Gasteiger partial charge in [0.25, 0.3) is 0 Å². The summed E-state index contributed by atoms with van der Waals surface area (Å²) in [5, 5.41) is 6.86. The van der Waals surface area contributed by atoms with Gasteiger partial charge in [0.05, 0.1) is 6.04 Å². The fourth-order valence-corrected chi connectivity index (χ4v) is 3.94. The topological polar surface area (TPSA) is 63.2 Å². The highest BCUT2D eigenvalue weighted by atomic mass is 16.2. The molecule has 1 amide bonds. The third kappa shape index (κ3) is 5.23. The molecule has 2 aliphatic rings. The lowest BCUT2D eigenvalue weighted by Crippen LogP contribution is -2.53. The van der Waals surface area contributed by atoms with Crippen LogP contribution in [0.25, 0.3) is 0 Å². The molecule has 28 heavy (non-hydrogen) atoms. The second-order valence-corrected chi connectivity index (χ2v) is 7.66. The van der Waals surface area contributed by atoms with Crippen LogP contribution in [-0.4, -0.2) is 86.6 Å². The predicted molar refractivity (Wildman–Crippen MR) is 115 cm³/mol. The van der Waals surface area contributed by atoms with E-state index in [9.17, 15) is 4.79 Å². The summed E-state index contributed by atoms with van der Waals surface area (Å²) in [4.78, 5) is 23.6. The predicted octanol–water partition coefficient (Wildman–Crippen LogP) is 0.983. The van der Waals surface area contributed by atoms with Crippen molar-refractivity contribution in [2.75, 3.05) is 57.8 Å². The second-order valence-electron chi connectivity index (χ2n) is 7.66. The average molecular weight is 387 g/mol. The number of hydrogen-bond donors (Lipinski definition) is 2. The van der Waals surface area contributed by atoms with E-state index in [1.807, 2.05) is 35.2 Å². The van der Waals surface area contributed by atoms with Gasteiger partial charge in [-0.3, -0.25) is 14.7 Å². The number of benzene rings is 1. The first-order valence-corrected chi connectivity index (χ1v) is 10.4. The number of amides is 1. The van der Waals surface area contributed by atoms with Crippen LogP contribution in [0.2, 0.25) is 0 Å².